The molecular weight excluding hydrogens is 428 g/mol. The zero-order valence-electron chi connectivity index (χ0n) is 20.6. The van der Waals surface area contributed by atoms with Gasteiger partial charge in [-0.1, -0.05) is 19.9 Å². The predicted molar refractivity (Wildman–Crippen MR) is 136 cm³/mol. The van der Waals surface area contributed by atoms with Crippen LogP contribution in [0, 0.1) is 19.8 Å². The monoisotopic (exact) mass is 464 g/mol. The van der Waals surface area contributed by atoms with E-state index in [4.69, 9.17) is 0 Å². The Morgan fingerprint density at radius 2 is 2.12 bits per heavy atom. The number of nitrogens with one attached hydrogen (secondary N) is 3. The van der Waals surface area contributed by atoms with E-state index in [1.807, 2.05) is 18.3 Å². The van der Waals surface area contributed by atoms with Gasteiger partial charge in [0.1, 0.15) is 6.54 Å². The molecule has 0 bridgehead atoms. The zero-order chi connectivity index (χ0) is 24.2. The quantitative estimate of drug-likeness (QED) is 0.452. The minimum Gasteiger partial charge on any atom is -0.364 e. The number of carbonyl (C=O) groups excluding carboxylic acids is 1. The Morgan fingerprint density at radius 3 is 2.91 bits per heavy atom. The second-order valence-electron chi connectivity index (χ2n) is 9.83. The number of hydrogen-bond acceptors (Lipinski definition) is 5. The first kappa shape index (κ1) is 24.0. The van der Waals surface area contributed by atoms with Gasteiger partial charge in [-0.2, -0.15) is 0 Å². The summed E-state index contributed by atoms with van der Waals surface area (Å²) in [5.74, 6) is 0.720. The lowest BCUT2D eigenvalue weighted by Crippen LogP contribution is -2.39. The normalized spacial score (nSPS) is 16.4. The summed E-state index contributed by atoms with van der Waals surface area (Å²) in [4.78, 5) is 35.8. The summed E-state index contributed by atoms with van der Waals surface area (Å²) in [6.07, 6.45) is 5.93. The van der Waals surface area contributed by atoms with Gasteiger partial charge in [-0.05, 0) is 62.4 Å². The first-order valence-corrected chi connectivity index (χ1v) is 12.2. The predicted octanol–water partition coefficient (Wildman–Crippen LogP) is 3.19. The van der Waals surface area contributed by atoms with E-state index < -0.39 is 0 Å². The van der Waals surface area contributed by atoms with Crippen LogP contribution in [0.3, 0.4) is 0 Å². The van der Waals surface area contributed by atoms with Crippen molar-refractivity contribution in [3.05, 3.63) is 57.8 Å². The molecule has 0 unspecified atom stereocenters. The second-order valence-corrected chi connectivity index (χ2v) is 9.83. The number of rotatable bonds is 9. The number of anilines is 1. The number of amides is 1. The van der Waals surface area contributed by atoms with E-state index in [2.05, 4.69) is 52.3 Å². The molecule has 0 spiro atoms. The van der Waals surface area contributed by atoms with Gasteiger partial charge in [0.15, 0.2) is 5.82 Å². The van der Waals surface area contributed by atoms with Gasteiger partial charge in [-0.3, -0.25) is 19.1 Å². The van der Waals surface area contributed by atoms with Gasteiger partial charge in [-0.25, -0.2) is 4.98 Å². The summed E-state index contributed by atoms with van der Waals surface area (Å²) >= 11 is 0. The fourth-order valence-corrected chi connectivity index (χ4v) is 4.76. The van der Waals surface area contributed by atoms with Crippen LogP contribution in [0.2, 0.25) is 0 Å². The van der Waals surface area contributed by atoms with Crippen LogP contribution in [0.1, 0.15) is 43.5 Å². The van der Waals surface area contributed by atoms with E-state index in [1.54, 1.807) is 13.1 Å². The van der Waals surface area contributed by atoms with E-state index in [-0.39, 0.29) is 18.0 Å². The van der Waals surface area contributed by atoms with Crippen LogP contribution in [0.25, 0.3) is 10.9 Å². The van der Waals surface area contributed by atoms with Crippen LogP contribution >= 0.6 is 0 Å². The highest BCUT2D eigenvalue weighted by atomic mass is 16.2. The minimum atomic E-state index is -0.257. The van der Waals surface area contributed by atoms with E-state index in [9.17, 15) is 9.59 Å². The third kappa shape index (κ3) is 5.50. The maximum Gasteiger partial charge on any atom is 0.293 e. The maximum atomic E-state index is 13.1. The lowest BCUT2D eigenvalue weighted by molar-refractivity contribution is -0.121. The second kappa shape index (κ2) is 10.4. The molecule has 1 fully saturated rings. The number of fused-ring (bicyclic) bond motifs is 1. The Labute approximate surface area is 200 Å². The van der Waals surface area contributed by atoms with Gasteiger partial charge in [0, 0.05) is 54.7 Å². The molecule has 182 valence electrons. The highest BCUT2D eigenvalue weighted by Crippen LogP contribution is 2.20. The number of aromatic nitrogens is 3. The van der Waals surface area contributed by atoms with Crippen molar-refractivity contribution in [3.8, 4) is 0 Å². The molecule has 8 nitrogen and oxygen atoms in total. The molecule has 0 radical (unpaired) electrons. The molecule has 2 aromatic heterocycles. The number of hydrogen-bond donors (Lipinski definition) is 3. The molecule has 1 aliphatic heterocycles. The van der Waals surface area contributed by atoms with Crippen LogP contribution in [-0.4, -0.2) is 51.0 Å². The number of aryl methyl sites for hydroxylation is 2. The summed E-state index contributed by atoms with van der Waals surface area (Å²) in [5, 5.41) is 7.35. The molecule has 1 amide bonds. The largest absolute Gasteiger partial charge is 0.364 e. The molecule has 0 saturated carbocycles. The number of benzene rings is 1. The Morgan fingerprint density at radius 1 is 1.29 bits per heavy atom. The molecule has 1 saturated heterocycles. The first-order chi connectivity index (χ1) is 16.3. The van der Waals surface area contributed by atoms with Crippen molar-refractivity contribution in [1.82, 2.24) is 24.8 Å². The molecule has 3 N–H and O–H groups in total. The minimum absolute atomic E-state index is 0.0316. The number of carbonyl (C=O) groups is 1. The van der Waals surface area contributed by atoms with Crippen LogP contribution in [0.4, 0.5) is 5.82 Å². The molecule has 1 atom stereocenters. The molecule has 34 heavy (non-hydrogen) atoms. The zero-order valence-corrected chi connectivity index (χ0v) is 20.6. The highest BCUT2D eigenvalue weighted by molar-refractivity contribution is 5.83. The summed E-state index contributed by atoms with van der Waals surface area (Å²) in [7, 11) is 0. The summed E-state index contributed by atoms with van der Waals surface area (Å²) in [5.41, 5.74) is 3.68. The average Bonchev–Trinajstić information content (AvgIpc) is 3.40. The van der Waals surface area contributed by atoms with Crippen molar-refractivity contribution in [3.63, 3.8) is 0 Å². The molecule has 4 rings (SSSR count). The lowest BCUT2D eigenvalue weighted by Gasteiger charge is -2.26. The van der Waals surface area contributed by atoms with Crippen LogP contribution in [0.5, 0.6) is 0 Å². The molecular formula is C26H36N6O2. The van der Waals surface area contributed by atoms with Crippen LogP contribution in [0.15, 0.2) is 35.4 Å². The van der Waals surface area contributed by atoms with Gasteiger partial charge >= 0.3 is 0 Å². The smallest absolute Gasteiger partial charge is 0.293 e. The SMILES string of the molecule is Cc1c[nH]c2ccc(CNC(=O)Cn3c(C)cnc(NC[C@H]4CCCN4CC(C)C)c3=O)cc12. The van der Waals surface area contributed by atoms with Crippen molar-refractivity contribution in [2.24, 2.45) is 5.92 Å². The van der Waals surface area contributed by atoms with Gasteiger partial charge in [0.25, 0.3) is 5.56 Å². The number of H-pyrrole nitrogens is 1. The fourth-order valence-electron chi connectivity index (χ4n) is 4.76. The molecule has 3 heterocycles. The number of likely N-dealkylation sites (tertiary alicyclic amines) is 1. The van der Waals surface area contributed by atoms with Gasteiger partial charge < -0.3 is 15.6 Å². The molecule has 3 aromatic rings. The van der Waals surface area contributed by atoms with Crippen molar-refractivity contribution < 1.29 is 4.79 Å². The maximum absolute atomic E-state index is 13.1. The van der Waals surface area contributed by atoms with Gasteiger partial charge in [0.05, 0.1) is 0 Å². The van der Waals surface area contributed by atoms with Crippen LogP contribution in [-0.2, 0) is 17.9 Å². The highest BCUT2D eigenvalue weighted by Gasteiger charge is 2.25. The fraction of sp³-hybridized carbons (Fsp3) is 0.500. The Bertz CT molecular complexity index is 1210. The Kier molecular flexibility index (Phi) is 7.36. The topological polar surface area (TPSA) is 95.0 Å². The molecule has 0 aliphatic carbocycles. The average molecular weight is 465 g/mol. The van der Waals surface area contributed by atoms with E-state index in [0.29, 0.717) is 36.6 Å². The van der Waals surface area contributed by atoms with Crippen LogP contribution < -0.4 is 16.2 Å². The molecule has 1 aliphatic rings. The number of aromatic amines is 1. The third-order valence-electron chi connectivity index (χ3n) is 6.60. The Hall–Kier alpha value is -3.13. The first-order valence-electron chi connectivity index (χ1n) is 12.2. The summed E-state index contributed by atoms with van der Waals surface area (Å²) in [6.45, 7) is 11.6. The van der Waals surface area contributed by atoms with E-state index in [0.717, 1.165) is 36.0 Å². The van der Waals surface area contributed by atoms with Crippen molar-refractivity contribution in [1.29, 1.82) is 0 Å². The standard InChI is InChI=1S/C26H36N6O2/c1-17(2)15-31-9-5-6-21(31)14-30-25-26(34)32(19(4)12-29-25)16-24(33)28-13-20-7-8-23-22(10-20)18(3)11-27-23/h7-8,10-12,17,21,27H,5-6,9,13-16H2,1-4H3,(H,28,33)(H,29,30)/t21-/m1/s1. The number of nitrogens with zero attached hydrogens (tertiary/aromatic N) is 3. The van der Waals surface area contributed by atoms with E-state index >= 15 is 0 Å². The Balaban J connectivity index is 1.37. The summed E-state index contributed by atoms with van der Waals surface area (Å²) in [6, 6.07) is 6.50. The lowest BCUT2D eigenvalue weighted by atomic mass is 10.1. The molecule has 1 aromatic carbocycles. The van der Waals surface area contributed by atoms with E-state index in [1.165, 1.54) is 16.6 Å². The van der Waals surface area contributed by atoms with Gasteiger partial charge in [-0.15, -0.1) is 0 Å². The van der Waals surface area contributed by atoms with Crippen molar-refractivity contribution in [2.75, 3.05) is 25.0 Å². The van der Waals surface area contributed by atoms with Crippen molar-refractivity contribution >= 4 is 22.6 Å². The third-order valence-corrected chi connectivity index (χ3v) is 6.60. The van der Waals surface area contributed by atoms with Crippen molar-refractivity contribution in [2.45, 2.75) is 59.7 Å². The molecule has 8 heteroatoms. The summed E-state index contributed by atoms with van der Waals surface area (Å²) < 4.78 is 1.49. The van der Waals surface area contributed by atoms with Gasteiger partial charge in [0.2, 0.25) is 5.91 Å².